The van der Waals surface area contributed by atoms with Crippen LogP contribution in [0.3, 0.4) is 0 Å². The molecule has 1 heterocycles. The van der Waals surface area contributed by atoms with Gasteiger partial charge in [-0.25, -0.2) is 13.1 Å². The van der Waals surface area contributed by atoms with E-state index in [9.17, 15) is 8.42 Å². The van der Waals surface area contributed by atoms with Crippen LogP contribution in [0.25, 0.3) is 0 Å². The van der Waals surface area contributed by atoms with Crippen LogP contribution in [0.4, 0.5) is 0 Å². The summed E-state index contributed by atoms with van der Waals surface area (Å²) in [4.78, 5) is 2.32. The molecule has 1 aromatic rings. The van der Waals surface area contributed by atoms with Gasteiger partial charge >= 0.3 is 0 Å². The Morgan fingerprint density at radius 1 is 1.43 bits per heavy atom. The fraction of sp³-hybridized carbons (Fsp3) is 0.714. The molecule has 1 saturated carbocycles. The van der Waals surface area contributed by atoms with Gasteiger partial charge in [-0.2, -0.15) is 0 Å². The van der Waals surface area contributed by atoms with Crippen molar-refractivity contribution in [3.63, 3.8) is 0 Å². The number of likely N-dealkylation sites (N-methyl/N-ethyl adjacent to an activating group) is 1. The molecule has 1 atom stereocenters. The lowest BCUT2D eigenvalue weighted by atomic mass is 10.3. The molecule has 0 radical (unpaired) electrons. The first-order chi connectivity index (χ1) is 9.79. The van der Waals surface area contributed by atoms with Crippen LogP contribution in [-0.4, -0.2) is 50.6 Å². The fourth-order valence-electron chi connectivity index (χ4n) is 1.93. The summed E-state index contributed by atoms with van der Waals surface area (Å²) in [5.74, 6) is 0. The summed E-state index contributed by atoms with van der Waals surface area (Å²) in [7, 11) is 2.31. The molecule has 0 aromatic carbocycles. The molecule has 0 aliphatic heterocycles. The number of nitrogens with zero attached hydrogens (tertiary/aromatic N) is 2. The van der Waals surface area contributed by atoms with Gasteiger partial charge in [0, 0.05) is 44.1 Å². The summed E-state index contributed by atoms with van der Waals surface area (Å²) in [6.45, 7) is 3.10. The summed E-state index contributed by atoms with van der Waals surface area (Å²) in [5, 5.41) is 3.40. The van der Waals surface area contributed by atoms with Crippen LogP contribution < -0.4 is 10.0 Å². The minimum atomic E-state index is -3.44. The van der Waals surface area contributed by atoms with Crippen LogP contribution >= 0.6 is 0 Å². The Labute approximate surface area is 127 Å². The lowest BCUT2D eigenvalue weighted by molar-refractivity contribution is 0.314. The largest absolute Gasteiger partial charge is 0.352 e. The second-order valence-electron chi connectivity index (χ2n) is 6.10. The number of hydrogen-bond donors (Lipinski definition) is 2. The van der Waals surface area contributed by atoms with E-state index in [1.165, 1.54) is 12.8 Å². The van der Waals surface area contributed by atoms with Gasteiger partial charge in [-0.15, -0.1) is 0 Å². The Balaban J connectivity index is 2.00. The molecule has 1 unspecified atom stereocenters. The molecule has 1 aliphatic rings. The number of sulfonamides is 1. The van der Waals surface area contributed by atoms with Crippen molar-refractivity contribution in [3.8, 4) is 0 Å². The molecule has 1 aliphatic carbocycles. The van der Waals surface area contributed by atoms with Gasteiger partial charge in [0.2, 0.25) is 10.0 Å². The van der Waals surface area contributed by atoms with Gasteiger partial charge in [0.15, 0.2) is 0 Å². The van der Waals surface area contributed by atoms with E-state index in [4.69, 9.17) is 0 Å². The molecule has 6 nitrogen and oxygen atoms in total. The van der Waals surface area contributed by atoms with Crippen molar-refractivity contribution in [1.82, 2.24) is 19.5 Å². The van der Waals surface area contributed by atoms with Crippen LogP contribution in [0.2, 0.25) is 0 Å². The minimum absolute atomic E-state index is 0.152. The quantitative estimate of drug-likeness (QED) is 0.733. The van der Waals surface area contributed by atoms with Gasteiger partial charge in [-0.05, 0) is 39.9 Å². The highest BCUT2D eigenvalue weighted by atomic mass is 32.2. The molecule has 2 rings (SSSR count). The van der Waals surface area contributed by atoms with E-state index in [1.54, 1.807) is 12.3 Å². The SMILES string of the molecule is CC(CNS(=O)(=O)c1cc(CNC2CC2)n(C)c1)N(C)C. The van der Waals surface area contributed by atoms with E-state index in [2.05, 4.69) is 10.0 Å². The maximum absolute atomic E-state index is 12.3. The number of nitrogens with one attached hydrogen (secondary N) is 2. The van der Waals surface area contributed by atoms with E-state index in [-0.39, 0.29) is 6.04 Å². The van der Waals surface area contributed by atoms with Crippen molar-refractivity contribution in [2.75, 3.05) is 20.6 Å². The van der Waals surface area contributed by atoms with Crippen LogP contribution in [-0.2, 0) is 23.6 Å². The summed E-state index contributed by atoms with van der Waals surface area (Å²) in [6, 6.07) is 2.51. The molecule has 2 N–H and O–H groups in total. The summed E-state index contributed by atoms with van der Waals surface area (Å²) >= 11 is 0. The van der Waals surface area contributed by atoms with Gasteiger partial charge in [-0.3, -0.25) is 0 Å². The molecule has 120 valence electrons. The van der Waals surface area contributed by atoms with E-state index in [0.29, 0.717) is 24.0 Å². The maximum Gasteiger partial charge on any atom is 0.242 e. The predicted octanol–water partition coefficient (Wildman–Crippen LogP) is 0.506. The smallest absolute Gasteiger partial charge is 0.242 e. The highest BCUT2D eigenvalue weighted by Crippen LogP contribution is 2.20. The normalized spacial score (nSPS) is 17.4. The average Bonchev–Trinajstić information content (AvgIpc) is 3.16. The third-order valence-electron chi connectivity index (χ3n) is 3.99. The van der Waals surface area contributed by atoms with Crippen LogP contribution in [0, 0.1) is 0 Å². The lowest BCUT2D eigenvalue weighted by Gasteiger charge is -2.19. The zero-order valence-corrected chi connectivity index (χ0v) is 14.1. The summed E-state index contributed by atoms with van der Waals surface area (Å²) in [6.07, 6.45) is 4.12. The summed E-state index contributed by atoms with van der Waals surface area (Å²) in [5.41, 5.74) is 0.989. The van der Waals surface area contributed by atoms with Crippen molar-refractivity contribution in [3.05, 3.63) is 18.0 Å². The van der Waals surface area contributed by atoms with E-state index in [1.807, 2.05) is 37.5 Å². The van der Waals surface area contributed by atoms with Gasteiger partial charge in [0.05, 0.1) is 4.90 Å². The monoisotopic (exact) mass is 314 g/mol. The lowest BCUT2D eigenvalue weighted by Crippen LogP contribution is -2.38. The standard InChI is InChI=1S/C14H26N4O2S/c1-11(17(2)3)8-16-21(19,20)14-7-13(18(4)10-14)9-15-12-5-6-12/h7,10-12,15-16H,5-6,8-9H2,1-4H3. The number of aromatic nitrogens is 1. The second-order valence-corrected chi connectivity index (χ2v) is 7.86. The van der Waals surface area contributed by atoms with E-state index < -0.39 is 10.0 Å². The molecule has 0 saturated heterocycles. The molecular weight excluding hydrogens is 288 g/mol. The minimum Gasteiger partial charge on any atom is -0.352 e. The number of aryl methyl sites for hydroxylation is 1. The molecule has 0 spiro atoms. The molecule has 1 fully saturated rings. The molecule has 1 aromatic heterocycles. The fourth-order valence-corrected chi connectivity index (χ4v) is 3.15. The van der Waals surface area contributed by atoms with Gasteiger partial charge in [0.1, 0.15) is 0 Å². The summed E-state index contributed by atoms with van der Waals surface area (Å²) < 4.78 is 29.2. The Hall–Kier alpha value is -0.890. The third kappa shape index (κ3) is 4.54. The predicted molar refractivity (Wildman–Crippen MR) is 83.6 cm³/mol. The average molecular weight is 314 g/mol. The van der Waals surface area contributed by atoms with Crippen LogP contribution in [0.15, 0.2) is 17.2 Å². The third-order valence-corrected chi connectivity index (χ3v) is 5.38. The van der Waals surface area contributed by atoms with Gasteiger partial charge in [-0.1, -0.05) is 0 Å². The molecule has 21 heavy (non-hydrogen) atoms. The first-order valence-electron chi connectivity index (χ1n) is 7.34. The maximum atomic E-state index is 12.3. The van der Waals surface area contributed by atoms with Crippen molar-refractivity contribution in [2.45, 2.75) is 43.3 Å². The second kappa shape index (κ2) is 6.48. The van der Waals surface area contributed by atoms with Crippen molar-refractivity contribution >= 4 is 10.0 Å². The zero-order chi connectivity index (χ0) is 15.6. The molecule has 0 bridgehead atoms. The molecule has 7 heteroatoms. The molecule has 0 amide bonds. The Morgan fingerprint density at radius 2 is 2.10 bits per heavy atom. The Bertz CT molecular complexity index is 576. The highest BCUT2D eigenvalue weighted by molar-refractivity contribution is 7.89. The van der Waals surface area contributed by atoms with Gasteiger partial charge < -0.3 is 14.8 Å². The highest BCUT2D eigenvalue weighted by Gasteiger charge is 2.22. The number of rotatable bonds is 8. The Morgan fingerprint density at radius 3 is 2.67 bits per heavy atom. The molecular formula is C14H26N4O2S. The van der Waals surface area contributed by atoms with E-state index in [0.717, 1.165) is 5.69 Å². The van der Waals surface area contributed by atoms with Gasteiger partial charge in [0.25, 0.3) is 0 Å². The van der Waals surface area contributed by atoms with Crippen molar-refractivity contribution in [2.24, 2.45) is 7.05 Å². The van der Waals surface area contributed by atoms with Crippen molar-refractivity contribution in [1.29, 1.82) is 0 Å². The zero-order valence-electron chi connectivity index (χ0n) is 13.3. The Kier molecular flexibility index (Phi) is 5.08. The van der Waals surface area contributed by atoms with Crippen LogP contribution in [0.1, 0.15) is 25.5 Å². The number of hydrogen-bond acceptors (Lipinski definition) is 4. The first kappa shape index (κ1) is 16.5. The van der Waals surface area contributed by atoms with Crippen LogP contribution in [0.5, 0.6) is 0 Å². The van der Waals surface area contributed by atoms with E-state index >= 15 is 0 Å². The first-order valence-corrected chi connectivity index (χ1v) is 8.82. The topological polar surface area (TPSA) is 66.4 Å². The van der Waals surface area contributed by atoms with Crippen molar-refractivity contribution < 1.29 is 8.42 Å².